The van der Waals surface area contributed by atoms with Crippen molar-refractivity contribution in [2.45, 2.75) is 70.0 Å². The summed E-state index contributed by atoms with van der Waals surface area (Å²) in [6.45, 7) is 5.16. The van der Waals surface area contributed by atoms with Gasteiger partial charge in [-0.1, -0.05) is 70.7 Å². The maximum atomic E-state index is 14.0. The Bertz CT molecular complexity index is 1450. The molecule has 212 valence electrons. The molecule has 0 aromatic heterocycles. The van der Waals surface area contributed by atoms with E-state index in [1.54, 1.807) is 49.4 Å². The molecule has 1 fully saturated rings. The fourth-order valence-electron chi connectivity index (χ4n) is 4.96. The lowest BCUT2D eigenvalue weighted by Gasteiger charge is -2.32. The molecule has 9 heteroatoms. The maximum absolute atomic E-state index is 14.0. The quantitative estimate of drug-likeness (QED) is 0.311. The van der Waals surface area contributed by atoms with Gasteiger partial charge in [-0.25, -0.2) is 8.42 Å². The number of aryl methyl sites for hydroxylation is 2. The van der Waals surface area contributed by atoms with E-state index in [1.807, 2.05) is 44.2 Å². The number of nitrogens with one attached hydrogen (secondary N) is 1. The third kappa shape index (κ3) is 7.31. The normalized spacial score (nSPS) is 14.5. The van der Waals surface area contributed by atoms with Crippen molar-refractivity contribution in [2.24, 2.45) is 0 Å². The largest absolute Gasteiger partial charge is 0.352 e. The lowest BCUT2D eigenvalue weighted by atomic mass is 10.1. The first kappa shape index (κ1) is 29.8. The van der Waals surface area contributed by atoms with Crippen LogP contribution < -0.4 is 9.62 Å². The smallest absolute Gasteiger partial charge is 0.264 e. The number of rotatable bonds is 10. The van der Waals surface area contributed by atoms with E-state index in [9.17, 15) is 18.0 Å². The number of carbonyl (C=O) groups is 2. The Morgan fingerprint density at radius 1 is 0.950 bits per heavy atom. The van der Waals surface area contributed by atoms with Gasteiger partial charge in [0.25, 0.3) is 10.0 Å². The number of sulfonamides is 1. The summed E-state index contributed by atoms with van der Waals surface area (Å²) in [7, 11) is -4.08. The van der Waals surface area contributed by atoms with Gasteiger partial charge in [0.2, 0.25) is 11.8 Å². The maximum Gasteiger partial charge on any atom is 0.264 e. The Morgan fingerprint density at radius 3 is 2.27 bits per heavy atom. The van der Waals surface area contributed by atoms with Gasteiger partial charge in [-0.3, -0.25) is 13.9 Å². The molecule has 1 aliphatic carbocycles. The van der Waals surface area contributed by atoms with Crippen LogP contribution in [0.3, 0.4) is 0 Å². The molecule has 1 N–H and O–H groups in total. The highest BCUT2D eigenvalue weighted by Crippen LogP contribution is 2.26. The van der Waals surface area contributed by atoms with Crippen LogP contribution in [0.4, 0.5) is 5.69 Å². The van der Waals surface area contributed by atoms with Crippen molar-refractivity contribution in [3.05, 3.63) is 94.0 Å². The molecule has 1 aliphatic rings. The zero-order valence-electron chi connectivity index (χ0n) is 23.1. The highest BCUT2D eigenvalue weighted by molar-refractivity contribution is 9.10. The molecule has 1 saturated carbocycles. The van der Waals surface area contributed by atoms with Crippen molar-refractivity contribution in [3.63, 3.8) is 0 Å². The van der Waals surface area contributed by atoms with Crippen LogP contribution in [-0.2, 0) is 26.2 Å². The van der Waals surface area contributed by atoms with Crippen LogP contribution in [0.2, 0.25) is 0 Å². The highest BCUT2D eigenvalue weighted by atomic mass is 79.9. The van der Waals surface area contributed by atoms with Crippen molar-refractivity contribution < 1.29 is 18.0 Å². The molecule has 40 heavy (non-hydrogen) atoms. The van der Waals surface area contributed by atoms with E-state index in [2.05, 4.69) is 21.2 Å². The van der Waals surface area contributed by atoms with Crippen molar-refractivity contribution in [3.8, 4) is 0 Å². The summed E-state index contributed by atoms with van der Waals surface area (Å²) in [5, 5.41) is 3.09. The van der Waals surface area contributed by atoms with Crippen LogP contribution in [0, 0.1) is 13.8 Å². The molecule has 0 saturated heterocycles. The number of hydrogen-bond donors (Lipinski definition) is 1. The number of carbonyl (C=O) groups excluding carboxylic acids is 2. The minimum absolute atomic E-state index is 0.0953. The molecule has 3 aromatic rings. The summed E-state index contributed by atoms with van der Waals surface area (Å²) < 4.78 is 29.8. The summed E-state index contributed by atoms with van der Waals surface area (Å²) in [5.74, 6) is -0.704. The van der Waals surface area contributed by atoms with Crippen LogP contribution in [0.15, 0.2) is 82.2 Å². The van der Waals surface area contributed by atoms with Gasteiger partial charge in [0, 0.05) is 17.1 Å². The number of benzene rings is 3. The third-order valence-electron chi connectivity index (χ3n) is 7.29. The number of anilines is 1. The molecular weight excluding hydrogens is 590 g/mol. The van der Waals surface area contributed by atoms with Crippen molar-refractivity contribution in [1.82, 2.24) is 10.2 Å². The highest BCUT2D eigenvalue weighted by Gasteiger charge is 2.33. The topological polar surface area (TPSA) is 86.8 Å². The van der Waals surface area contributed by atoms with Gasteiger partial charge in [-0.15, -0.1) is 0 Å². The second-order valence-electron chi connectivity index (χ2n) is 10.5. The summed E-state index contributed by atoms with van der Waals surface area (Å²) in [4.78, 5) is 28.9. The second kappa shape index (κ2) is 13.0. The Kier molecular flexibility index (Phi) is 9.68. The van der Waals surface area contributed by atoms with E-state index in [1.165, 1.54) is 4.90 Å². The Balaban J connectivity index is 1.69. The zero-order valence-corrected chi connectivity index (χ0v) is 25.5. The van der Waals surface area contributed by atoms with Crippen LogP contribution in [-0.4, -0.2) is 43.8 Å². The Hall–Kier alpha value is -3.17. The second-order valence-corrected chi connectivity index (χ2v) is 13.3. The lowest BCUT2D eigenvalue weighted by molar-refractivity contribution is -0.139. The van der Waals surface area contributed by atoms with Gasteiger partial charge in [0.15, 0.2) is 0 Å². The number of nitrogens with zero attached hydrogens (tertiary/aromatic N) is 2. The Morgan fingerprint density at radius 2 is 1.62 bits per heavy atom. The van der Waals surface area contributed by atoms with Gasteiger partial charge in [0.1, 0.15) is 12.6 Å². The monoisotopic (exact) mass is 625 g/mol. The van der Waals surface area contributed by atoms with Crippen LogP contribution >= 0.6 is 15.9 Å². The molecule has 0 heterocycles. The predicted octanol–water partition coefficient (Wildman–Crippen LogP) is 5.74. The van der Waals surface area contributed by atoms with Gasteiger partial charge in [-0.05, 0) is 81.1 Å². The number of amides is 2. The first-order valence-corrected chi connectivity index (χ1v) is 15.8. The van der Waals surface area contributed by atoms with Crippen LogP contribution in [0.5, 0.6) is 0 Å². The zero-order chi connectivity index (χ0) is 28.9. The summed E-state index contributed by atoms with van der Waals surface area (Å²) >= 11 is 3.48. The van der Waals surface area contributed by atoms with E-state index < -0.39 is 28.5 Å². The van der Waals surface area contributed by atoms with Gasteiger partial charge < -0.3 is 10.2 Å². The molecule has 7 nitrogen and oxygen atoms in total. The summed E-state index contributed by atoms with van der Waals surface area (Å²) in [5.41, 5.74) is 3.01. The lowest BCUT2D eigenvalue weighted by Crippen LogP contribution is -2.52. The summed E-state index contributed by atoms with van der Waals surface area (Å²) in [6, 6.07) is 20.5. The molecule has 0 unspecified atom stereocenters. The van der Waals surface area contributed by atoms with E-state index in [4.69, 9.17) is 0 Å². The van der Waals surface area contributed by atoms with Crippen LogP contribution in [0.1, 0.15) is 49.3 Å². The minimum Gasteiger partial charge on any atom is -0.352 e. The van der Waals surface area contributed by atoms with Crippen molar-refractivity contribution in [1.29, 1.82) is 0 Å². The average Bonchev–Trinajstić information content (AvgIpc) is 3.43. The van der Waals surface area contributed by atoms with E-state index in [0.29, 0.717) is 5.69 Å². The fourth-order valence-corrected chi connectivity index (χ4v) is 6.81. The standard InChI is InChI=1S/C31H36BrN3O4S/c1-22-14-16-29(17-15-22)40(38,39)35(28-13-6-8-23(2)18-28)21-30(36)34(20-25-9-7-10-26(32)19-25)24(3)31(37)33-27-11-4-5-12-27/h6-10,13-19,24,27H,4-5,11-12,20-21H2,1-3H3,(H,33,37)/t24-/m0/s1. The van der Waals surface area contributed by atoms with Crippen molar-refractivity contribution >= 4 is 43.5 Å². The van der Waals surface area contributed by atoms with Crippen molar-refractivity contribution in [2.75, 3.05) is 10.8 Å². The van der Waals surface area contributed by atoms with Gasteiger partial charge in [0.05, 0.1) is 10.6 Å². The predicted molar refractivity (Wildman–Crippen MR) is 161 cm³/mol. The van der Waals surface area contributed by atoms with E-state index in [-0.39, 0.29) is 23.4 Å². The number of hydrogen-bond acceptors (Lipinski definition) is 4. The number of halogens is 1. The van der Waals surface area contributed by atoms with Gasteiger partial charge >= 0.3 is 0 Å². The molecule has 0 bridgehead atoms. The first-order chi connectivity index (χ1) is 19.0. The van der Waals surface area contributed by atoms with Crippen LogP contribution in [0.25, 0.3) is 0 Å². The summed E-state index contributed by atoms with van der Waals surface area (Å²) in [6.07, 6.45) is 3.99. The first-order valence-electron chi connectivity index (χ1n) is 13.5. The molecule has 3 aromatic carbocycles. The average molecular weight is 627 g/mol. The SMILES string of the molecule is Cc1ccc(S(=O)(=O)N(CC(=O)N(Cc2cccc(Br)c2)[C@@H](C)C(=O)NC2CCCC2)c2cccc(C)c2)cc1. The van der Waals surface area contributed by atoms with E-state index >= 15 is 0 Å². The molecular formula is C31H36BrN3O4S. The fraction of sp³-hybridized carbons (Fsp3) is 0.355. The molecule has 2 amide bonds. The Labute approximate surface area is 245 Å². The molecule has 0 aliphatic heterocycles. The molecule has 1 atom stereocenters. The van der Waals surface area contributed by atoms with E-state index in [0.717, 1.165) is 51.2 Å². The molecule has 4 rings (SSSR count). The molecule has 0 spiro atoms. The third-order valence-corrected chi connectivity index (χ3v) is 9.57. The van der Waals surface area contributed by atoms with Gasteiger partial charge in [-0.2, -0.15) is 0 Å². The minimum atomic E-state index is -4.08. The molecule has 0 radical (unpaired) electrons.